The van der Waals surface area contributed by atoms with Gasteiger partial charge in [0.1, 0.15) is 5.82 Å². The molecule has 1 aliphatic rings. The maximum atomic E-state index is 11.9. The normalized spacial score (nSPS) is 14.1. The summed E-state index contributed by atoms with van der Waals surface area (Å²) in [6.07, 6.45) is 3.44. The van der Waals surface area contributed by atoms with E-state index < -0.39 is 0 Å². The molecule has 2 heterocycles. The molecule has 3 rings (SSSR count). The molecule has 2 aromatic rings. The number of aromatic nitrogens is 2. The van der Waals surface area contributed by atoms with Gasteiger partial charge >= 0.3 is 6.09 Å². The highest BCUT2D eigenvalue weighted by molar-refractivity contribution is 5.68. The Morgan fingerprint density at radius 3 is 2.36 bits per heavy atom. The van der Waals surface area contributed by atoms with Crippen LogP contribution in [0.3, 0.4) is 0 Å². The number of hydrogen-bond acceptors (Lipinski definition) is 6. The van der Waals surface area contributed by atoms with Gasteiger partial charge in [0.15, 0.2) is 0 Å². The fourth-order valence-electron chi connectivity index (χ4n) is 3.43. The molecule has 0 unspecified atom stereocenters. The zero-order valence-electron chi connectivity index (χ0n) is 16.9. The molecule has 28 heavy (non-hydrogen) atoms. The maximum absolute atomic E-state index is 11.9. The van der Waals surface area contributed by atoms with E-state index in [2.05, 4.69) is 47.2 Å². The van der Waals surface area contributed by atoms with Gasteiger partial charge in [0.05, 0.1) is 6.61 Å². The lowest BCUT2D eigenvalue weighted by Gasteiger charge is -2.34. The van der Waals surface area contributed by atoms with Crippen LogP contribution in [-0.4, -0.2) is 53.7 Å². The van der Waals surface area contributed by atoms with Crippen LogP contribution in [-0.2, 0) is 17.6 Å². The number of aryl methyl sites for hydroxylation is 2. The van der Waals surface area contributed by atoms with Crippen molar-refractivity contribution in [1.82, 2.24) is 14.9 Å². The number of nitrogens with one attached hydrogen (secondary N) is 1. The Hall–Kier alpha value is -2.83. The molecule has 1 fully saturated rings. The minimum atomic E-state index is -0.240. The first-order chi connectivity index (χ1) is 13.7. The number of carbonyl (C=O) groups is 1. The number of anilines is 3. The summed E-state index contributed by atoms with van der Waals surface area (Å²) in [6, 6.07) is 8.29. The molecule has 1 saturated heterocycles. The van der Waals surface area contributed by atoms with Gasteiger partial charge < -0.3 is 19.9 Å². The lowest BCUT2D eigenvalue weighted by atomic mass is 10.0. The molecule has 1 amide bonds. The van der Waals surface area contributed by atoms with Crippen LogP contribution < -0.4 is 10.2 Å². The summed E-state index contributed by atoms with van der Waals surface area (Å²) in [5, 5.41) is 3.43. The summed E-state index contributed by atoms with van der Waals surface area (Å²) in [5.41, 5.74) is 3.63. The Morgan fingerprint density at radius 2 is 1.75 bits per heavy atom. The van der Waals surface area contributed by atoms with Crippen LogP contribution in [0.1, 0.15) is 31.9 Å². The molecule has 1 N–H and O–H groups in total. The molecule has 0 saturated carbocycles. The first kappa shape index (κ1) is 19.9. The number of rotatable bonds is 6. The number of piperazine rings is 1. The lowest BCUT2D eigenvalue weighted by molar-refractivity contribution is 0.105. The van der Waals surface area contributed by atoms with Crippen LogP contribution in [0.25, 0.3) is 0 Å². The first-order valence-corrected chi connectivity index (χ1v) is 10.0. The largest absolute Gasteiger partial charge is 0.450 e. The van der Waals surface area contributed by atoms with E-state index in [9.17, 15) is 4.79 Å². The molecule has 1 aromatic heterocycles. The average molecular weight is 383 g/mol. The molecule has 0 atom stereocenters. The molecule has 0 radical (unpaired) electrons. The van der Waals surface area contributed by atoms with E-state index in [-0.39, 0.29) is 6.09 Å². The highest BCUT2D eigenvalue weighted by atomic mass is 16.6. The second-order valence-electron chi connectivity index (χ2n) is 6.69. The van der Waals surface area contributed by atoms with Crippen molar-refractivity contribution in [2.24, 2.45) is 0 Å². The van der Waals surface area contributed by atoms with Crippen molar-refractivity contribution in [2.45, 2.75) is 33.6 Å². The Labute approximate surface area is 166 Å². The molecule has 7 heteroatoms. The first-order valence-electron chi connectivity index (χ1n) is 10.0. The summed E-state index contributed by atoms with van der Waals surface area (Å²) in [7, 11) is 0. The number of nitrogens with zero attached hydrogens (tertiary/aromatic N) is 4. The average Bonchev–Trinajstić information content (AvgIpc) is 2.74. The van der Waals surface area contributed by atoms with E-state index >= 15 is 0 Å². The molecule has 1 aromatic carbocycles. The standard InChI is InChI=1S/C21H29N5O2/c1-4-16-8-7-9-17(5-2)19(16)24-20-22-11-10-18(23-20)25-12-14-26(15-13-25)21(27)28-6-3/h7-11H,4-6,12-15H2,1-3H3,(H,22,23,24). The number of benzene rings is 1. The Bertz CT molecular complexity index is 781. The van der Waals surface area contributed by atoms with E-state index in [1.54, 1.807) is 11.1 Å². The van der Waals surface area contributed by atoms with Gasteiger partial charge in [0.25, 0.3) is 0 Å². The zero-order valence-corrected chi connectivity index (χ0v) is 16.9. The molecular weight excluding hydrogens is 354 g/mol. The number of hydrogen-bond donors (Lipinski definition) is 1. The van der Waals surface area contributed by atoms with Crippen molar-refractivity contribution < 1.29 is 9.53 Å². The summed E-state index contributed by atoms with van der Waals surface area (Å²) in [5.74, 6) is 1.47. The fraction of sp³-hybridized carbons (Fsp3) is 0.476. The van der Waals surface area contributed by atoms with Gasteiger partial charge in [-0.2, -0.15) is 4.98 Å². The monoisotopic (exact) mass is 383 g/mol. The van der Waals surface area contributed by atoms with Crippen LogP contribution in [0, 0.1) is 0 Å². The van der Waals surface area contributed by atoms with E-state index in [1.165, 1.54) is 11.1 Å². The highest BCUT2D eigenvalue weighted by Crippen LogP contribution is 2.26. The zero-order chi connectivity index (χ0) is 19.9. The van der Waals surface area contributed by atoms with Crippen molar-refractivity contribution in [3.8, 4) is 0 Å². The summed E-state index contributed by atoms with van der Waals surface area (Å²) in [6.45, 7) is 9.24. The van der Waals surface area contributed by atoms with Gasteiger partial charge in [-0.3, -0.25) is 0 Å². The summed E-state index contributed by atoms with van der Waals surface area (Å²) < 4.78 is 5.08. The van der Waals surface area contributed by atoms with Gasteiger partial charge in [-0.15, -0.1) is 0 Å². The van der Waals surface area contributed by atoms with Gasteiger partial charge in [0, 0.05) is 38.1 Å². The molecule has 1 aliphatic heterocycles. The summed E-state index contributed by atoms with van der Waals surface area (Å²) in [4.78, 5) is 24.9. The molecule has 0 aliphatic carbocycles. The van der Waals surface area contributed by atoms with Gasteiger partial charge in [-0.05, 0) is 37.0 Å². The van der Waals surface area contributed by atoms with Crippen molar-refractivity contribution >= 4 is 23.5 Å². The molecule has 7 nitrogen and oxygen atoms in total. The Balaban J connectivity index is 1.71. The third-order valence-corrected chi connectivity index (χ3v) is 5.01. The van der Waals surface area contributed by atoms with E-state index in [0.717, 1.165) is 37.4 Å². The number of para-hydroxylation sites is 1. The Kier molecular flexibility index (Phi) is 6.68. The smallest absolute Gasteiger partial charge is 0.409 e. The minimum absolute atomic E-state index is 0.240. The van der Waals surface area contributed by atoms with Crippen molar-refractivity contribution in [3.63, 3.8) is 0 Å². The number of amides is 1. The SMILES string of the molecule is CCOC(=O)N1CCN(c2ccnc(Nc3c(CC)cccc3CC)n2)CC1. The second-order valence-corrected chi connectivity index (χ2v) is 6.69. The molecule has 0 spiro atoms. The number of carbonyl (C=O) groups excluding carboxylic acids is 1. The minimum Gasteiger partial charge on any atom is -0.450 e. The van der Waals surface area contributed by atoms with Crippen molar-refractivity contribution in [1.29, 1.82) is 0 Å². The third kappa shape index (κ3) is 4.52. The quantitative estimate of drug-likeness (QED) is 0.821. The number of ether oxygens (including phenoxy) is 1. The van der Waals surface area contributed by atoms with Crippen LogP contribution in [0.5, 0.6) is 0 Å². The van der Waals surface area contributed by atoms with Crippen molar-refractivity contribution in [2.75, 3.05) is 43.0 Å². The van der Waals surface area contributed by atoms with Crippen LogP contribution in [0.15, 0.2) is 30.5 Å². The molecule has 150 valence electrons. The third-order valence-electron chi connectivity index (χ3n) is 5.01. The fourth-order valence-corrected chi connectivity index (χ4v) is 3.43. The lowest BCUT2D eigenvalue weighted by Crippen LogP contribution is -2.49. The van der Waals surface area contributed by atoms with E-state index in [4.69, 9.17) is 9.72 Å². The second kappa shape index (κ2) is 9.39. The maximum Gasteiger partial charge on any atom is 0.409 e. The van der Waals surface area contributed by atoms with Crippen LogP contribution in [0.4, 0.5) is 22.2 Å². The predicted molar refractivity (Wildman–Crippen MR) is 111 cm³/mol. The topological polar surface area (TPSA) is 70.6 Å². The molecule has 0 bridgehead atoms. The van der Waals surface area contributed by atoms with Crippen molar-refractivity contribution in [3.05, 3.63) is 41.6 Å². The predicted octanol–water partition coefficient (Wildman–Crippen LogP) is 3.62. The van der Waals surface area contributed by atoms with Gasteiger partial charge in [0.2, 0.25) is 5.95 Å². The highest BCUT2D eigenvalue weighted by Gasteiger charge is 2.23. The van der Waals surface area contributed by atoms with Gasteiger partial charge in [-0.25, -0.2) is 9.78 Å². The van der Waals surface area contributed by atoms with Gasteiger partial charge in [-0.1, -0.05) is 32.0 Å². The van der Waals surface area contributed by atoms with Crippen LogP contribution >= 0.6 is 0 Å². The van der Waals surface area contributed by atoms with Crippen LogP contribution in [0.2, 0.25) is 0 Å². The summed E-state index contributed by atoms with van der Waals surface area (Å²) >= 11 is 0. The Morgan fingerprint density at radius 1 is 1.07 bits per heavy atom. The molecular formula is C21H29N5O2. The van der Waals surface area contributed by atoms with E-state index in [0.29, 0.717) is 25.6 Å². The van der Waals surface area contributed by atoms with E-state index in [1.807, 2.05) is 13.0 Å².